The molecule has 4 heteroatoms. The molecule has 2 rings (SSSR count). The van der Waals surface area contributed by atoms with Crippen LogP contribution in [0.15, 0.2) is 12.1 Å². The van der Waals surface area contributed by atoms with E-state index in [0.29, 0.717) is 17.0 Å². The van der Waals surface area contributed by atoms with Crippen molar-refractivity contribution in [3.8, 4) is 10.6 Å². The summed E-state index contributed by atoms with van der Waals surface area (Å²) in [6.07, 6.45) is 1.61. The molecular weight excluding hydrogens is 270 g/mol. The minimum Gasteiger partial charge on any atom is -0.477 e. The van der Waals surface area contributed by atoms with Gasteiger partial charge in [0.15, 0.2) is 0 Å². The maximum absolute atomic E-state index is 11.3. The Morgan fingerprint density at radius 2 is 1.85 bits per heavy atom. The van der Waals surface area contributed by atoms with Crippen LogP contribution in [0.2, 0.25) is 0 Å². The predicted molar refractivity (Wildman–Crippen MR) is 82.7 cm³/mol. The van der Waals surface area contributed by atoms with E-state index in [0.717, 1.165) is 22.6 Å². The Kier molecular flexibility index (Phi) is 4.23. The molecule has 0 spiro atoms. The fourth-order valence-electron chi connectivity index (χ4n) is 2.23. The van der Waals surface area contributed by atoms with Gasteiger partial charge in [-0.3, -0.25) is 0 Å². The maximum Gasteiger partial charge on any atom is 0.347 e. The van der Waals surface area contributed by atoms with Crippen LogP contribution in [0.5, 0.6) is 0 Å². The van der Waals surface area contributed by atoms with Gasteiger partial charge in [-0.1, -0.05) is 19.4 Å². The van der Waals surface area contributed by atoms with Crippen molar-refractivity contribution < 1.29 is 9.90 Å². The van der Waals surface area contributed by atoms with E-state index in [1.807, 2.05) is 13.8 Å². The number of aromatic nitrogens is 1. The molecule has 0 amide bonds. The van der Waals surface area contributed by atoms with Gasteiger partial charge in [-0.2, -0.15) is 0 Å². The predicted octanol–water partition coefficient (Wildman–Crippen LogP) is 4.39. The van der Waals surface area contributed by atoms with E-state index in [1.54, 1.807) is 0 Å². The highest BCUT2D eigenvalue weighted by atomic mass is 32.1. The fourth-order valence-corrected chi connectivity index (χ4v) is 3.26. The van der Waals surface area contributed by atoms with Crippen molar-refractivity contribution in [2.75, 3.05) is 0 Å². The number of carboxylic acids is 1. The van der Waals surface area contributed by atoms with Gasteiger partial charge in [0.25, 0.3) is 0 Å². The standard InChI is InChI=1S/C16H19NO2S/c1-5-6-13-14(16(18)19)20-15(17-13)12-8-10(3)9(2)7-11(12)4/h7-8H,5-6H2,1-4H3,(H,18,19). The summed E-state index contributed by atoms with van der Waals surface area (Å²) in [4.78, 5) is 16.3. The number of nitrogens with zero attached hydrogens (tertiary/aromatic N) is 1. The molecule has 0 saturated heterocycles. The quantitative estimate of drug-likeness (QED) is 0.908. The number of thiazole rings is 1. The number of aryl methyl sites for hydroxylation is 4. The second kappa shape index (κ2) is 5.75. The molecule has 1 heterocycles. The lowest BCUT2D eigenvalue weighted by atomic mass is 10.0. The Hall–Kier alpha value is -1.68. The van der Waals surface area contributed by atoms with Gasteiger partial charge in [0.1, 0.15) is 9.88 Å². The molecule has 0 atom stereocenters. The summed E-state index contributed by atoms with van der Waals surface area (Å²) < 4.78 is 0. The van der Waals surface area contributed by atoms with E-state index < -0.39 is 5.97 Å². The van der Waals surface area contributed by atoms with Crippen LogP contribution in [0.25, 0.3) is 10.6 Å². The van der Waals surface area contributed by atoms with Crippen molar-refractivity contribution >= 4 is 17.3 Å². The molecule has 0 aliphatic rings. The number of benzene rings is 1. The van der Waals surface area contributed by atoms with Crippen LogP contribution in [-0.2, 0) is 6.42 Å². The molecule has 3 nitrogen and oxygen atoms in total. The zero-order chi connectivity index (χ0) is 14.9. The van der Waals surface area contributed by atoms with Crippen molar-refractivity contribution in [3.05, 3.63) is 39.4 Å². The molecule has 0 aliphatic heterocycles. The van der Waals surface area contributed by atoms with Gasteiger partial charge in [-0.15, -0.1) is 11.3 Å². The van der Waals surface area contributed by atoms with Gasteiger partial charge in [-0.25, -0.2) is 9.78 Å². The summed E-state index contributed by atoms with van der Waals surface area (Å²) >= 11 is 1.28. The molecule has 0 aliphatic carbocycles. The van der Waals surface area contributed by atoms with Crippen molar-refractivity contribution in [1.82, 2.24) is 4.98 Å². The Bertz CT molecular complexity index is 659. The van der Waals surface area contributed by atoms with Gasteiger partial charge in [0, 0.05) is 5.56 Å². The van der Waals surface area contributed by atoms with E-state index in [1.165, 1.54) is 22.5 Å². The second-order valence-electron chi connectivity index (χ2n) is 5.10. The first-order chi connectivity index (χ1) is 9.43. The van der Waals surface area contributed by atoms with Crippen molar-refractivity contribution in [2.45, 2.75) is 40.5 Å². The lowest BCUT2D eigenvalue weighted by molar-refractivity contribution is 0.0700. The van der Waals surface area contributed by atoms with Crippen LogP contribution < -0.4 is 0 Å². The Morgan fingerprint density at radius 1 is 1.20 bits per heavy atom. The van der Waals surface area contributed by atoms with Crippen molar-refractivity contribution in [3.63, 3.8) is 0 Å². The molecular formula is C16H19NO2S. The molecule has 0 bridgehead atoms. The lowest BCUT2D eigenvalue weighted by Gasteiger charge is -2.07. The van der Waals surface area contributed by atoms with E-state index in [9.17, 15) is 9.90 Å². The minimum atomic E-state index is -0.876. The van der Waals surface area contributed by atoms with Crippen LogP contribution in [0.1, 0.15) is 45.4 Å². The van der Waals surface area contributed by atoms with Crippen LogP contribution in [-0.4, -0.2) is 16.1 Å². The summed E-state index contributed by atoms with van der Waals surface area (Å²) in [5.41, 5.74) is 5.34. The summed E-state index contributed by atoms with van der Waals surface area (Å²) in [5, 5.41) is 10.1. The second-order valence-corrected chi connectivity index (χ2v) is 6.10. The van der Waals surface area contributed by atoms with Gasteiger partial charge < -0.3 is 5.11 Å². The van der Waals surface area contributed by atoms with Crippen LogP contribution in [0.3, 0.4) is 0 Å². The van der Waals surface area contributed by atoms with E-state index >= 15 is 0 Å². The van der Waals surface area contributed by atoms with E-state index in [-0.39, 0.29) is 0 Å². The normalized spacial score (nSPS) is 10.8. The van der Waals surface area contributed by atoms with Gasteiger partial charge in [-0.05, 0) is 49.9 Å². The monoisotopic (exact) mass is 289 g/mol. The van der Waals surface area contributed by atoms with Crippen molar-refractivity contribution in [1.29, 1.82) is 0 Å². The molecule has 0 saturated carbocycles. The Balaban J connectivity index is 2.56. The molecule has 1 aromatic carbocycles. The summed E-state index contributed by atoms with van der Waals surface area (Å²) in [5.74, 6) is -0.876. The molecule has 1 N–H and O–H groups in total. The van der Waals surface area contributed by atoms with E-state index in [2.05, 4.69) is 31.0 Å². The zero-order valence-electron chi connectivity index (χ0n) is 12.3. The molecule has 0 fully saturated rings. The largest absolute Gasteiger partial charge is 0.477 e. The molecule has 106 valence electrons. The minimum absolute atomic E-state index is 0.375. The third kappa shape index (κ3) is 2.75. The number of rotatable bonds is 4. The first-order valence-electron chi connectivity index (χ1n) is 6.75. The third-order valence-corrected chi connectivity index (χ3v) is 4.57. The Morgan fingerprint density at radius 3 is 2.45 bits per heavy atom. The number of hydrogen-bond donors (Lipinski definition) is 1. The molecule has 20 heavy (non-hydrogen) atoms. The average Bonchev–Trinajstić information content (AvgIpc) is 2.78. The highest BCUT2D eigenvalue weighted by Crippen LogP contribution is 2.32. The molecule has 0 unspecified atom stereocenters. The summed E-state index contributed by atoms with van der Waals surface area (Å²) in [6.45, 7) is 8.23. The average molecular weight is 289 g/mol. The van der Waals surface area contributed by atoms with Gasteiger partial charge in [0.2, 0.25) is 0 Å². The van der Waals surface area contributed by atoms with Crippen LogP contribution >= 0.6 is 11.3 Å². The first kappa shape index (κ1) is 14.7. The number of aromatic carboxylic acids is 1. The number of carbonyl (C=O) groups is 1. The lowest BCUT2D eigenvalue weighted by Crippen LogP contribution is -1.98. The Labute approximate surface area is 123 Å². The fraction of sp³-hybridized carbons (Fsp3) is 0.375. The molecule has 0 radical (unpaired) electrons. The molecule has 2 aromatic rings. The van der Waals surface area contributed by atoms with Crippen LogP contribution in [0.4, 0.5) is 0 Å². The maximum atomic E-state index is 11.3. The first-order valence-corrected chi connectivity index (χ1v) is 7.57. The van der Waals surface area contributed by atoms with Gasteiger partial charge >= 0.3 is 5.97 Å². The summed E-state index contributed by atoms with van der Waals surface area (Å²) in [7, 11) is 0. The summed E-state index contributed by atoms with van der Waals surface area (Å²) in [6, 6.07) is 4.23. The third-order valence-electron chi connectivity index (χ3n) is 3.45. The zero-order valence-corrected chi connectivity index (χ0v) is 13.1. The number of carboxylic acid groups (broad SMARTS) is 1. The van der Waals surface area contributed by atoms with Gasteiger partial charge in [0.05, 0.1) is 5.69 Å². The van der Waals surface area contributed by atoms with Crippen molar-refractivity contribution in [2.24, 2.45) is 0 Å². The van der Waals surface area contributed by atoms with Crippen LogP contribution in [0, 0.1) is 20.8 Å². The van der Waals surface area contributed by atoms with E-state index in [4.69, 9.17) is 0 Å². The topological polar surface area (TPSA) is 50.2 Å². The smallest absolute Gasteiger partial charge is 0.347 e. The SMILES string of the molecule is CCCc1nc(-c2cc(C)c(C)cc2C)sc1C(=O)O. The number of hydrogen-bond acceptors (Lipinski definition) is 3. The highest BCUT2D eigenvalue weighted by Gasteiger charge is 2.18. The highest BCUT2D eigenvalue weighted by molar-refractivity contribution is 7.17. The molecule has 1 aromatic heterocycles.